The van der Waals surface area contributed by atoms with Crippen LogP contribution in [0.2, 0.25) is 0 Å². The van der Waals surface area contributed by atoms with E-state index in [1.165, 1.54) is 19.2 Å². The minimum absolute atomic E-state index is 0. The topological polar surface area (TPSA) is 18.5 Å². The summed E-state index contributed by atoms with van der Waals surface area (Å²) in [5.74, 6) is 0.498. The third-order valence-electron chi connectivity index (χ3n) is 3.52. The van der Waals surface area contributed by atoms with Gasteiger partial charge in [0, 0.05) is 0 Å². The minimum Gasteiger partial charge on any atom is -0.497 e. The molecule has 2 rings (SSSR count). The Kier molecular flexibility index (Phi) is 7.42. The van der Waals surface area contributed by atoms with E-state index in [4.69, 9.17) is 9.47 Å². The molecule has 1 aliphatic rings. The van der Waals surface area contributed by atoms with Gasteiger partial charge in [0.05, 0.1) is 19.5 Å². The fourth-order valence-electron chi connectivity index (χ4n) is 2.43. The van der Waals surface area contributed by atoms with Crippen LogP contribution in [0.3, 0.4) is 0 Å². The molecular formula is C13H17BF3KO2. The summed E-state index contributed by atoms with van der Waals surface area (Å²) in [5.41, 5.74) is -0.711. The van der Waals surface area contributed by atoms with Crippen LogP contribution in [0.1, 0.15) is 25.7 Å². The van der Waals surface area contributed by atoms with E-state index >= 15 is 0 Å². The molecule has 0 radical (unpaired) electrons. The minimum atomic E-state index is -5.10. The van der Waals surface area contributed by atoms with Crippen molar-refractivity contribution in [2.75, 3.05) is 13.7 Å². The molecule has 0 heterocycles. The van der Waals surface area contributed by atoms with Crippen molar-refractivity contribution in [3.63, 3.8) is 0 Å². The fraction of sp³-hybridized carbons (Fsp3) is 0.538. The summed E-state index contributed by atoms with van der Waals surface area (Å²) in [6.07, 6.45) is 4.38. The summed E-state index contributed by atoms with van der Waals surface area (Å²) >= 11 is 0. The fourth-order valence-corrected chi connectivity index (χ4v) is 2.43. The third kappa shape index (κ3) is 4.95. The molecule has 0 unspecified atom stereocenters. The summed E-state index contributed by atoms with van der Waals surface area (Å²) < 4.78 is 49.2. The van der Waals surface area contributed by atoms with Crippen molar-refractivity contribution in [1.82, 2.24) is 0 Å². The van der Waals surface area contributed by atoms with Gasteiger partial charge in [-0.15, -0.1) is 0 Å². The third-order valence-corrected chi connectivity index (χ3v) is 3.52. The van der Waals surface area contributed by atoms with E-state index in [9.17, 15) is 12.9 Å². The van der Waals surface area contributed by atoms with Crippen LogP contribution in [0.25, 0.3) is 0 Å². The molecule has 0 spiro atoms. The summed E-state index contributed by atoms with van der Waals surface area (Å²) in [4.78, 5) is 0. The van der Waals surface area contributed by atoms with E-state index in [1.807, 2.05) is 0 Å². The molecule has 20 heavy (non-hydrogen) atoms. The maximum atomic E-state index is 13.0. The second kappa shape index (κ2) is 8.08. The quantitative estimate of drug-likeness (QED) is 0.729. The first kappa shape index (κ1) is 18.4. The number of halogens is 3. The molecular weight excluding hydrogens is 295 g/mol. The van der Waals surface area contributed by atoms with Crippen LogP contribution in [0, 0.1) is 5.92 Å². The average molecular weight is 312 g/mol. The first-order chi connectivity index (χ1) is 9.00. The van der Waals surface area contributed by atoms with Gasteiger partial charge in [0.15, 0.2) is 0 Å². The van der Waals surface area contributed by atoms with Gasteiger partial charge in [-0.05, 0) is 37.0 Å². The average Bonchev–Trinajstić information content (AvgIpc) is 2.88. The predicted molar refractivity (Wildman–Crippen MR) is 69.2 cm³/mol. The van der Waals surface area contributed by atoms with Crippen LogP contribution < -0.4 is 66.3 Å². The standard InChI is InChI=1S/C13H17BF3O2.K/c1-18-11-6-7-13(12(8-11)14(15,16)17)19-9-10-4-2-3-5-10;/h6-8,10H,2-5,9H2,1H3;/q-1;+1. The Bertz CT molecular complexity index is 434. The van der Waals surface area contributed by atoms with Crippen LogP contribution in [0.5, 0.6) is 11.5 Å². The molecule has 2 nitrogen and oxygen atoms in total. The van der Waals surface area contributed by atoms with E-state index in [0.29, 0.717) is 12.5 Å². The summed E-state index contributed by atoms with van der Waals surface area (Å²) in [7, 11) is 1.35. The Morgan fingerprint density at radius 3 is 2.40 bits per heavy atom. The summed E-state index contributed by atoms with van der Waals surface area (Å²) in [5, 5.41) is 0. The molecule has 7 heteroatoms. The Hall–Kier alpha value is 0.311. The van der Waals surface area contributed by atoms with Gasteiger partial charge in [-0.1, -0.05) is 18.3 Å². The molecule has 106 valence electrons. The normalized spacial score (nSPS) is 15.8. The van der Waals surface area contributed by atoms with E-state index in [1.54, 1.807) is 0 Å². The van der Waals surface area contributed by atoms with Gasteiger partial charge in [0.2, 0.25) is 0 Å². The molecule has 1 fully saturated rings. The molecule has 1 aromatic rings. The summed E-state index contributed by atoms with van der Waals surface area (Å²) in [6.45, 7) is -4.73. The molecule has 0 aliphatic heterocycles. The van der Waals surface area contributed by atoms with E-state index in [-0.39, 0.29) is 62.9 Å². The number of ether oxygens (including phenoxy) is 2. The van der Waals surface area contributed by atoms with Gasteiger partial charge in [-0.3, -0.25) is 0 Å². The van der Waals surface area contributed by atoms with Gasteiger partial charge in [0.1, 0.15) is 5.75 Å². The van der Waals surface area contributed by atoms with Crippen molar-refractivity contribution >= 4 is 12.4 Å². The second-order valence-electron chi connectivity index (χ2n) is 4.94. The first-order valence-electron chi connectivity index (χ1n) is 6.51. The molecule has 0 aromatic heterocycles. The van der Waals surface area contributed by atoms with Gasteiger partial charge in [-0.25, -0.2) is 0 Å². The molecule has 1 aliphatic carbocycles. The monoisotopic (exact) mass is 312 g/mol. The Balaban J connectivity index is 0.00000200. The van der Waals surface area contributed by atoms with Crippen LogP contribution in [-0.2, 0) is 0 Å². The molecule has 0 atom stereocenters. The van der Waals surface area contributed by atoms with E-state index in [0.717, 1.165) is 31.7 Å². The van der Waals surface area contributed by atoms with Crippen molar-refractivity contribution < 1.29 is 73.8 Å². The smallest absolute Gasteiger partial charge is 0.497 e. The van der Waals surface area contributed by atoms with Gasteiger partial charge in [0.25, 0.3) is 0 Å². The predicted octanol–water partition coefficient (Wildman–Crippen LogP) is 0.323. The largest absolute Gasteiger partial charge is 1.00 e. The number of methoxy groups -OCH3 is 1. The van der Waals surface area contributed by atoms with Gasteiger partial charge < -0.3 is 22.4 Å². The zero-order valence-corrected chi connectivity index (χ0v) is 15.0. The van der Waals surface area contributed by atoms with Crippen molar-refractivity contribution in [2.24, 2.45) is 5.92 Å². The molecule has 0 bridgehead atoms. The Morgan fingerprint density at radius 1 is 1.20 bits per heavy atom. The van der Waals surface area contributed by atoms with Crippen molar-refractivity contribution in [1.29, 1.82) is 0 Å². The molecule has 0 amide bonds. The van der Waals surface area contributed by atoms with Crippen molar-refractivity contribution in [2.45, 2.75) is 25.7 Å². The van der Waals surface area contributed by atoms with Crippen molar-refractivity contribution in [3.05, 3.63) is 18.2 Å². The van der Waals surface area contributed by atoms with Crippen LogP contribution in [0.4, 0.5) is 12.9 Å². The Labute approximate surface area is 159 Å². The van der Waals surface area contributed by atoms with E-state index < -0.39 is 12.4 Å². The summed E-state index contributed by atoms with van der Waals surface area (Å²) in [6, 6.07) is 3.84. The van der Waals surface area contributed by atoms with Gasteiger partial charge in [-0.2, -0.15) is 0 Å². The SMILES string of the molecule is COc1ccc(OCC2CCCC2)c([B-](F)(F)F)c1.[K+]. The van der Waals surface area contributed by atoms with Crippen LogP contribution >= 0.6 is 0 Å². The Morgan fingerprint density at radius 2 is 1.85 bits per heavy atom. The van der Waals surface area contributed by atoms with Crippen LogP contribution in [-0.4, -0.2) is 20.7 Å². The van der Waals surface area contributed by atoms with Gasteiger partial charge >= 0.3 is 58.4 Å². The number of hydrogen-bond acceptors (Lipinski definition) is 2. The molecule has 0 N–H and O–H groups in total. The zero-order chi connectivity index (χ0) is 13.9. The number of hydrogen-bond donors (Lipinski definition) is 0. The van der Waals surface area contributed by atoms with E-state index in [2.05, 4.69) is 0 Å². The molecule has 1 aromatic carbocycles. The zero-order valence-electron chi connectivity index (χ0n) is 11.9. The number of rotatable bonds is 5. The maximum absolute atomic E-state index is 13.0. The molecule has 0 saturated heterocycles. The maximum Gasteiger partial charge on any atom is 1.00 e. The van der Waals surface area contributed by atoms with Crippen molar-refractivity contribution in [3.8, 4) is 11.5 Å². The second-order valence-corrected chi connectivity index (χ2v) is 4.94. The van der Waals surface area contributed by atoms with Crippen LogP contribution in [0.15, 0.2) is 18.2 Å². The first-order valence-corrected chi connectivity index (χ1v) is 6.51. The number of benzene rings is 1. The molecule has 1 saturated carbocycles.